The normalized spacial score (nSPS) is 28.9. The third-order valence-corrected chi connectivity index (χ3v) is 8.78. The Balaban J connectivity index is 1.82. The number of likely N-dealkylation sites (tertiary alicyclic amines) is 1. The fourth-order valence-corrected chi connectivity index (χ4v) is 7.28. The second kappa shape index (κ2) is 11.3. The van der Waals surface area contributed by atoms with Gasteiger partial charge in [-0.15, -0.1) is 13.2 Å². The summed E-state index contributed by atoms with van der Waals surface area (Å²) in [4.78, 5) is 47.9. The number of para-hydroxylation sites is 1. The Morgan fingerprint density at radius 3 is 2.41 bits per heavy atom. The molecule has 1 aromatic rings. The van der Waals surface area contributed by atoms with Crippen molar-refractivity contribution in [2.75, 3.05) is 37.7 Å². The van der Waals surface area contributed by atoms with E-state index >= 15 is 0 Å². The summed E-state index contributed by atoms with van der Waals surface area (Å²) < 4.78 is 6.78. The number of anilines is 1. The van der Waals surface area contributed by atoms with Gasteiger partial charge in [-0.2, -0.15) is 0 Å². The monoisotopic (exact) mass is 537 g/mol. The largest absolute Gasteiger partial charge is 0.396 e. The highest BCUT2D eigenvalue weighted by Crippen LogP contribution is 2.63. The number of carbonyl (C=O) groups is 3. The first-order valence-corrected chi connectivity index (χ1v) is 14.1. The number of ether oxygens (including phenoxy) is 1. The van der Waals surface area contributed by atoms with Gasteiger partial charge in [0.2, 0.25) is 11.8 Å². The van der Waals surface area contributed by atoms with Crippen LogP contribution in [0.2, 0.25) is 0 Å². The minimum Gasteiger partial charge on any atom is -0.396 e. The first-order chi connectivity index (χ1) is 18.6. The molecule has 8 heteroatoms. The van der Waals surface area contributed by atoms with Crippen LogP contribution in [-0.4, -0.2) is 82.7 Å². The van der Waals surface area contributed by atoms with E-state index in [2.05, 4.69) is 13.2 Å². The van der Waals surface area contributed by atoms with Crippen molar-refractivity contribution >= 4 is 23.4 Å². The maximum atomic E-state index is 14.6. The van der Waals surface area contributed by atoms with Crippen molar-refractivity contribution in [3.05, 3.63) is 54.6 Å². The molecular formula is C31H43N3O5. The van der Waals surface area contributed by atoms with Gasteiger partial charge in [0.1, 0.15) is 11.6 Å². The second-order valence-electron chi connectivity index (χ2n) is 11.4. The molecule has 0 aromatic heterocycles. The summed E-state index contributed by atoms with van der Waals surface area (Å²) in [6.07, 6.45) is 5.60. The van der Waals surface area contributed by atoms with E-state index in [9.17, 15) is 19.5 Å². The number of benzene rings is 1. The second-order valence-corrected chi connectivity index (χ2v) is 11.4. The van der Waals surface area contributed by atoms with E-state index in [0.29, 0.717) is 32.4 Å². The third-order valence-electron chi connectivity index (χ3n) is 8.78. The van der Waals surface area contributed by atoms with Gasteiger partial charge < -0.3 is 24.5 Å². The van der Waals surface area contributed by atoms with Crippen LogP contribution < -0.4 is 4.90 Å². The molecule has 3 amide bonds. The lowest BCUT2D eigenvalue weighted by atomic mass is 9.66. The molecule has 3 heterocycles. The molecule has 1 N–H and O–H groups in total. The minimum absolute atomic E-state index is 0.111. The lowest BCUT2D eigenvalue weighted by molar-refractivity contribution is -0.149. The number of carbonyl (C=O) groups excluding carboxylic acids is 3. The molecule has 0 radical (unpaired) electrons. The van der Waals surface area contributed by atoms with Gasteiger partial charge >= 0.3 is 0 Å². The highest BCUT2D eigenvalue weighted by Gasteiger charge is 2.78. The van der Waals surface area contributed by atoms with Crippen LogP contribution >= 0.6 is 0 Å². The van der Waals surface area contributed by atoms with Crippen molar-refractivity contribution in [1.82, 2.24) is 9.80 Å². The Morgan fingerprint density at radius 2 is 1.82 bits per heavy atom. The number of aliphatic hydroxyl groups is 1. The van der Waals surface area contributed by atoms with E-state index in [-0.39, 0.29) is 37.4 Å². The van der Waals surface area contributed by atoms with E-state index in [1.54, 1.807) is 26.9 Å². The molecule has 39 heavy (non-hydrogen) atoms. The topological polar surface area (TPSA) is 90.4 Å². The van der Waals surface area contributed by atoms with Crippen LogP contribution in [0.3, 0.4) is 0 Å². The number of aryl methyl sites for hydroxylation is 2. The molecule has 4 rings (SSSR count). The fraction of sp³-hybridized carbons (Fsp3) is 0.581. The molecule has 3 aliphatic heterocycles. The van der Waals surface area contributed by atoms with Crippen molar-refractivity contribution in [3.8, 4) is 0 Å². The highest BCUT2D eigenvalue weighted by molar-refractivity contribution is 6.05. The van der Waals surface area contributed by atoms with Gasteiger partial charge in [-0.3, -0.25) is 14.4 Å². The van der Waals surface area contributed by atoms with Crippen LogP contribution in [0.15, 0.2) is 43.5 Å². The van der Waals surface area contributed by atoms with Crippen molar-refractivity contribution in [3.63, 3.8) is 0 Å². The van der Waals surface area contributed by atoms with Crippen LogP contribution in [0.25, 0.3) is 0 Å². The zero-order chi connectivity index (χ0) is 28.5. The van der Waals surface area contributed by atoms with E-state index in [1.165, 1.54) is 0 Å². The molecule has 3 fully saturated rings. The predicted octanol–water partition coefficient (Wildman–Crippen LogP) is 3.39. The van der Waals surface area contributed by atoms with E-state index < -0.39 is 29.1 Å². The number of aliphatic hydroxyl groups excluding tert-OH is 1. The van der Waals surface area contributed by atoms with Gasteiger partial charge in [0.15, 0.2) is 0 Å². The van der Waals surface area contributed by atoms with Crippen molar-refractivity contribution < 1.29 is 24.2 Å². The zero-order valence-electron chi connectivity index (χ0n) is 23.8. The zero-order valence-corrected chi connectivity index (χ0v) is 23.8. The number of nitrogens with zero attached hydrogens (tertiary/aromatic N) is 3. The summed E-state index contributed by atoms with van der Waals surface area (Å²) in [5, 5.41) is 9.64. The van der Waals surface area contributed by atoms with Crippen LogP contribution in [0, 0.1) is 25.7 Å². The Hall–Kier alpha value is -2.97. The van der Waals surface area contributed by atoms with Gasteiger partial charge in [0.25, 0.3) is 5.91 Å². The Labute approximate surface area is 232 Å². The summed E-state index contributed by atoms with van der Waals surface area (Å²) in [6, 6.07) is 4.98. The first kappa shape index (κ1) is 29.0. The molecule has 2 unspecified atom stereocenters. The van der Waals surface area contributed by atoms with Gasteiger partial charge in [0, 0.05) is 38.5 Å². The molecule has 0 saturated carbocycles. The summed E-state index contributed by atoms with van der Waals surface area (Å²) in [6.45, 7) is 16.9. The maximum absolute atomic E-state index is 14.6. The molecule has 3 aliphatic rings. The van der Waals surface area contributed by atoms with Gasteiger partial charge in [-0.1, -0.05) is 37.3 Å². The number of amides is 3. The minimum atomic E-state index is -1.11. The molecule has 8 nitrogen and oxygen atoms in total. The van der Waals surface area contributed by atoms with E-state index in [0.717, 1.165) is 23.2 Å². The number of rotatable bonds is 12. The molecule has 5 atom stereocenters. The Morgan fingerprint density at radius 1 is 1.15 bits per heavy atom. The molecule has 0 aliphatic carbocycles. The summed E-state index contributed by atoms with van der Waals surface area (Å²) in [7, 11) is 0. The molecule has 3 saturated heterocycles. The van der Waals surface area contributed by atoms with Crippen LogP contribution in [0.4, 0.5) is 5.69 Å². The quantitative estimate of drug-likeness (QED) is 0.413. The molecule has 1 spiro atoms. The summed E-state index contributed by atoms with van der Waals surface area (Å²) in [5.41, 5.74) is 0.737. The van der Waals surface area contributed by atoms with E-state index in [1.807, 2.05) is 45.9 Å². The highest BCUT2D eigenvalue weighted by atomic mass is 16.5. The standard InChI is InChI=1S/C31H43N3O5/c1-7-16-32(17-8-2)27(36)23-24-28(37)34(19-11-20-35)26(31(24)15-14-30(23,6)39-31)29(38)33(18-9-3)25-21(4)12-10-13-22(25)5/h7,9-10,12-13,23-24,26,35H,1,3,8,11,14-20H2,2,4-6H3/t23-,24-,26?,30+,31?/m0/s1. The molecule has 1 aromatic carbocycles. The average molecular weight is 538 g/mol. The summed E-state index contributed by atoms with van der Waals surface area (Å²) in [5.74, 6) is -2.04. The molecular weight excluding hydrogens is 494 g/mol. The Bertz CT molecular complexity index is 1130. The maximum Gasteiger partial charge on any atom is 0.253 e. The van der Waals surface area contributed by atoms with Crippen molar-refractivity contribution in [2.45, 2.75) is 70.6 Å². The smallest absolute Gasteiger partial charge is 0.253 e. The predicted molar refractivity (Wildman–Crippen MR) is 151 cm³/mol. The van der Waals surface area contributed by atoms with E-state index in [4.69, 9.17) is 4.74 Å². The molecule has 2 bridgehead atoms. The number of hydrogen-bond acceptors (Lipinski definition) is 5. The van der Waals surface area contributed by atoms with Crippen LogP contribution in [0.1, 0.15) is 50.7 Å². The fourth-order valence-electron chi connectivity index (χ4n) is 7.28. The van der Waals surface area contributed by atoms with Crippen molar-refractivity contribution in [2.24, 2.45) is 11.8 Å². The third kappa shape index (κ3) is 4.61. The van der Waals surface area contributed by atoms with Crippen molar-refractivity contribution in [1.29, 1.82) is 0 Å². The lowest BCUT2D eigenvalue weighted by Gasteiger charge is -2.37. The van der Waals surface area contributed by atoms with Gasteiger partial charge in [0.05, 0.1) is 17.4 Å². The number of fused-ring (bicyclic) bond motifs is 1. The average Bonchev–Trinajstić information content (AvgIpc) is 3.46. The van der Waals surface area contributed by atoms with Crippen LogP contribution in [-0.2, 0) is 19.1 Å². The Kier molecular flexibility index (Phi) is 8.38. The van der Waals surface area contributed by atoms with Crippen LogP contribution in [0.5, 0.6) is 0 Å². The molecule has 212 valence electrons. The van der Waals surface area contributed by atoms with Gasteiger partial charge in [-0.25, -0.2) is 0 Å². The summed E-state index contributed by atoms with van der Waals surface area (Å²) >= 11 is 0. The first-order valence-electron chi connectivity index (χ1n) is 14.1. The number of hydrogen-bond donors (Lipinski definition) is 1. The lowest BCUT2D eigenvalue weighted by Crippen LogP contribution is -2.57. The SMILES string of the molecule is C=CCN(CCC)C(=O)[C@@H]1[C@H]2C(=O)N(CCCO)C(C(=O)N(CC=C)c3c(C)cccc3C)C23CC[C@@]1(C)O3. The van der Waals surface area contributed by atoms with Gasteiger partial charge in [-0.05, 0) is 57.6 Å².